The highest BCUT2D eigenvalue weighted by Gasteiger charge is 2.45. The maximum absolute atomic E-state index is 13.1. The van der Waals surface area contributed by atoms with Gasteiger partial charge in [0, 0.05) is 12.1 Å². The maximum atomic E-state index is 13.1. The van der Waals surface area contributed by atoms with Gasteiger partial charge in [-0.1, -0.05) is 151 Å². The second-order valence-electron chi connectivity index (χ2n) is 10.4. The Balaban J connectivity index is 1.47. The molecule has 0 unspecified atom stereocenters. The smallest absolute Gasteiger partial charge is 0.295 e. The van der Waals surface area contributed by atoms with E-state index in [0.29, 0.717) is 12.1 Å². The zero-order valence-corrected chi connectivity index (χ0v) is 22.7. The molecule has 2 aromatic carbocycles. The summed E-state index contributed by atoms with van der Waals surface area (Å²) in [6.45, 7) is 2.79. The summed E-state index contributed by atoms with van der Waals surface area (Å²) in [7, 11) is 0. The fraction of sp³-hybridized carbons (Fsp3) is 0.515. The molecule has 1 aliphatic rings. The first-order valence-corrected chi connectivity index (χ1v) is 14.5. The summed E-state index contributed by atoms with van der Waals surface area (Å²) in [6.07, 6.45) is 17.8. The van der Waals surface area contributed by atoms with E-state index in [4.69, 9.17) is 0 Å². The number of unbranched alkanes of at least 4 members (excludes halogenated alkanes) is 13. The van der Waals surface area contributed by atoms with Gasteiger partial charge in [0.1, 0.15) is 5.76 Å². The third kappa shape index (κ3) is 8.59. The average Bonchev–Trinajstić information content (AvgIpc) is 3.18. The number of likely N-dealkylation sites (tertiary alicyclic amines) is 1. The molecule has 1 saturated heterocycles. The fourth-order valence-corrected chi connectivity index (χ4v) is 5.32. The molecule has 0 saturated carbocycles. The number of amides is 1. The van der Waals surface area contributed by atoms with Crippen LogP contribution in [0.1, 0.15) is 114 Å². The molecule has 37 heavy (non-hydrogen) atoms. The lowest BCUT2D eigenvalue weighted by atomic mass is 9.95. The summed E-state index contributed by atoms with van der Waals surface area (Å²) in [6, 6.07) is 18.0. The second kappa shape index (κ2) is 16.1. The Kier molecular flexibility index (Phi) is 12.5. The number of aliphatic hydroxyl groups excluding tert-OH is 1. The van der Waals surface area contributed by atoms with Crippen LogP contribution in [0.5, 0.6) is 0 Å². The maximum Gasteiger partial charge on any atom is 0.295 e. The standard InChI is InChI=1S/C33H45NO3/c1-2-3-4-5-6-7-8-9-10-11-12-13-14-21-26-34-30(27-22-17-15-18-23-27)29(32(36)33(34)37)31(35)28-24-19-16-20-25-28/h15-20,22-25,30,35H,2-14,21,26H2,1H3/t30-/m1/s1. The van der Waals surface area contributed by atoms with Crippen molar-refractivity contribution in [2.24, 2.45) is 0 Å². The minimum absolute atomic E-state index is 0.101. The summed E-state index contributed by atoms with van der Waals surface area (Å²) >= 11 is 0. The first kappa shape index (κ1) is 28.7. The van der Waals surface area contributed by atoms with Gasteiger partial charge in [-0.05, 0) is 12.0 Å². The molecular weight excluding hydrogens is 458 g/mol. The van der Waals surface area contributed by atoms with Crippen molar-refractivity contribution in [2.45, 2.75) is 103 Å². The molecule has 1 aliphatic heterocycles. The molecule has 0 aromatic heterocycles. The number of carbonyl (C=O) groups excluding carboxylic acids is 2. The van der Waals surface area contributed by atoms with Crippen molar-refractivity contribution in [3.8, 4) is 0 Å². The third-order valence-electron chi connectivity index (χ3n) is 7.46. The van der Waals surface area contributed by atoms with Crippen LogP contribution in [0.2, 0.25) is 0 Å². The minimum atomic E-state index is -0.597. The van der Waals surface area contributed by atoms with Crippen LogP contribution in [0.15, 0.2) is 66.2 Å². The molecule has 2 aromatic rings. The Hall–Kier alpha value is -2.88. The number of nitrogens with zero attached hydrogens (tertiary/aromatic N) is 1. The van der Waals surface area contributed by atoms with Crippen LogP contribution >= 0.6 is 0 Å². The molecule has 0 spiro atoms. The lowest BCUT2D eigenvalue weighted by molar-refractivity contribution is -0.139. The number of hydrogen-bond acceptors (Lipinski definition) is 3. The van der Waals surface area contributed by atoms with Crippen LogP contribution < -0.4 is 0 Å². The fourth-order valence-electron chi connectivity index (χ4n) is 5.32. The van der Waals surface area contributed by atoms with Crippen molar-refractivity contribution in [3.05, 3.63) is 77.4 Å². The largest absolute Gasteiger partial charge is 0.507 e. The summed E-state index contributed by atoms with van der Waals surface area (Å²) < 4.78 is 0. The summed E-state index contributed by atoms with van der Waals surface area (Å²) in [5, 5.41) is 11.0. The second-order valence-corrected chi connectivity index (χ2v) is 10.4. The van der Waals surface area contributed by atoms with Gasteiger partial charge in [-0.15, -0.1) is 0 Å². The van der Waals surface area contributed by atoms with E-state index in [9.17, 15) is 14.7 Å². The van der Waals surface area contributed by atoms with E-state index in [2.05, 4.69) is 6.92 Å². The third-order valence-corrected chi connectivity index (χ3v) is 7.46. The molecular formula is C33H45NO3. The molecule has 1 fully saturated rings. The predicted molar refractivity (Wildman–Crippen MR) is 152 cm³/mol. The van der Waals surface area contributed by atoms with Crippen molar-refractivity contribution in [1.82, 2.24) is 4.90 Å². The number of benzene rings is 2. The van der Waals surface area contributed by atoms with Crippen molar-refractivity contribution in [2.75, 3.05) is 6.54 Å². The number of ketones is 1. The van der Waals surface area contributed by atoms with E-state index < -0.39 is 17.7 Å². The SMILES string of the molecule is CCCCCCCCCCCCCCCCN1C(=O)C(=O)C(=C(O)c2ccccc2)[C@H]1c1ccccc1. The van der Waals surface area contributed by atoms with Gasteiger partial charge in [-0.2, -0.15) is 0 Å². The van der Waals surface area contributed by atoms with Gasteiger partial charge < -0.3 is 10.0 Å². The average molecular weight is 504 g/mol. The number of Topliss-reactive ketones (excluding diaryl/α,β-unsaturated/α-hetero) is 1. The van der Waals surface area contributed by atoms with E-state index in [1.165, 1.54) is 70.6 Å². The highest BCUT2D eigenvalue weighted by molar-refractivity contribution is 6.46. The number of hydrogen-bond donors (Lipinski definition) is 1. The topological polar surface area (TPSA) is 57.6 Å². The van der Waals surface area contributed by atoms with E-state index in [0.717, 1.165) is 24.8 Å². The first-order valence-electron chi connectivity index (χ1n) is 14.5. The molecule has 0 aliphatic carbocycles. The van der Waals surface area contributed by atoms with Gasteiger partial charge in [0.25, 0.3) is 11.7 Å². The van der Waals surface area contributed by atoms with E-state index >= 15 is 0 Å². The zero-order valence-electron chi connectivity index (χ0n) is 22.7. The molecule has 0 bridgehead atoms. The van der Waals surface area contributed by atoms with E-state index in [1.807, 2.05) is 48.5 Å². The van der Waals surface area contributed by atoms with Crippen molar-refractivity contribution < 1.29 is 14.7 Å². The van der Waals surface area contributed by atoms with Gasteiger partial charge in [0.05, 0.1) is 11.6 Å². The molecule has 1 amide bonds. The molecule has 0 radical (unpaired) electrons. The minimum Gasteiger partial charge on any atom is -0.507 e. The summed E-state index contributed by atoms with van der Waals surface area (Å²) in [5.41, 5.74) is 1.59. The van der Waals surface area contributed by atoms with E-state index in [-0.39, 0.29) is 11.3 Å². The number of carbonyl (C=O) groups is 2. The Labute approximate surface area is 223 Å². The monoisotopic (exact) mass is 503 g/mol. The molecule has 1 atom stereocenters. The summed E-state index contributed by atoms with van der Waals surface area (Å²) in [5.74, 6) is -1.21. The Bertz CT molecular complexity index is 983. The van der Waals surface area contributed by atoms with Crippen LogP contribution in [-0.4, -0.2) is 28.2 Å². The molecule has 4 heteroatoms. The lowest BCUT2D eigenvalue weighted by Gasteiger charge is -2.25. The van der Waals surface area contributed by atoms with Gasteiger partial charge >= 0.3 is 0 Å². The first-order chi connectivity index (χ1) is 18.1. The van der Waals surface area contributed by atoms with Crippen LogP contribution in [0.25, 0.3) is 5.76 Å². The summed E-state index contributed by atoms with van der Waals surface area (Å²) in [4.78, 5) is 27.7. The molecule has 200 valence electrons. The van der Waals surface area contributed by atoms with Crippen LogP contribution in [0, 0.1) is 0 Å². The van der Waals surface area contributed by atoms with Crippen LogP contribution in [-0.2, 0) is 9.59 Å². The quantitative estimate of drug-likeness (QED) is 0.102. The van der Waals surface area contributed by atoms with Crippen molar-refractivity contribution in [3.63, 3.8) is 0 Å². The zero-order chi connectivity index (χ0) is 26.3. The lowest BCUT2D eigenvalue weighted by Crippen LogP contribution is -2.30. The molecule has 1 N–H and O–H groups in total. The van der Waals surface area contributed by atoms with Crippen LogP contribution in [0.3, 0.4) is 0 Å². The van der Waals surface area contributed by atoms with Crippen LogP contribution in [0.4, 0.5) is 0 Å². The number of aliphatic hydroxyl groups is 1. The Morgan fingerprint density at radius 3 is 1.65 bits per heavy atom. The van der Waals surface area contributed by atoms with Gasteiger partial charge in [-0.3, -0.25) is 9.59 Å². The molecule has 3 rings (SSSR count). The highest BCUT2D eigenvalue weighted by Crippen LogP contribution is 2.39. The predicted octanol–water partition coefficient (Wildman–Crippen LogP) is 8.59. The van der Waals surface area contributed by atoms with E-state index in [1.54, 1.807) is 17.0 Å². The Morgan fingerprint density at radius 2 is 1.14 bits per heavy atom. The molecule has 4 nitrogen and oxygen atoms in total. The van der Waals surface area contributed by atoms with Crippen molar-refractivity contribution >= 4 is 17.4 Å². The Morgan fingerprint density at radius 1 is 0.676 bits per heavy atom. The highest BCUT2D eigenvalue weighted by atomic mass is 16.3. The normalized spacial score (nSPS) is 17.0. The number of rotatable bonds is 17. The van der Waals surface area contributed by atoms with Gasteiger partial charge in [0.15, 0.2) is 0 Å². The van der Waals surface area contributed by atoms with Gasteiger partial charge in [0.2, 0.25) is 0 Å². The van der Waals surface area contributed by atoms with Gasteiger partial charge in [-0.25, -0.2) is 0 Å². The molecule has 1 heterocycles. The van der Waals surface area contributed by atoms with Crippen molar-refractivity contribution in [1.29, 1.82) is 0 Å².